The first-order valence-electron chi connectivity index (χ1n) is 9.92. The third-order valence-corrected chi connectivity index (χ3v) is 4.56. The summed E-state index contributed by atoms with van der Waals surface area (Å²) in [6.07, 6.45) is 1.33. The van der Waals surface area contributed by atoms with E-state index in [0.717, 1.165) is 0 Å². The second-order valence-electron chi connectivity index (χ2n) is 8.22. The van der Waals surface area contributed by atoms with Crippen molar-refractivity contribution in [2.75, 3.05) is 10.6 Å². The van der Waals surface area contributed by atoms with Crippen LogP contribution in [-0.4, -0.2) is 21.8 Å². The van der Waals surface area contributed by atoms with Crippen LogP contribution in [0, 0.1) is 5.41 Å². The van der Waals surface area contributed by atoms with Gasteiger partial charge in [0.1, 0.15) is 5.82 Å². The highest BCUT2D eigenvalue weighted by Gasteiger charge is 2.21. The Morgan fingerprint density at radius 1 is 1.00 bits per heavy atom. The Labute approximate surface area is 174 Å². The van der Waals surface area contributed by atoms with Gasteiger partial charge in [-0.05, 0) is 36.8 Å². The van der Waals surface area contributed by atoms with Gasteiger partial charge in [0.05, 0.1) is 10.9 Å². The fourth-order valence-corrected chi connectivity index (χ4v) is 2.89. The van der Waals surface area contributed by atoms with E-state index in [9.17, 15) is 14.4 Å². The maximum absolute atomic E-state index is 12.3. The molecule has 0 saturated carbocycles. The van der Waals surface area contributed by atoms with Crippen molar-refractivity contribution in [2.45, 2.75) is 40.0 Å². The Kier molecular flexibility index (Phi) is 6.30. The average Bonchev–Trinajstić information content (AvgIpc) is 2.67. The number of aromatic amines is 1. The highest BCUT2D eigenvalue weighted by molar-refractivity contribution is 5.96. The quantitative estimate of drug-likeness (QED) is 0.578. The second kappa shape index (κ2) is 8.90. The molecule has 3 N–H and O–H groups in total. The van der Waals surface area contributed by atoms with Crippen molar-refractivity contribution in [1.82, 2.24) is 9.97 Å². The molecule has 0 atom stereocenters. The topological polar surface area (TPSA) is 104 Å². The summed E-state index contributed by atoms with van der Waals surface area (Å²) >= 11 is 0. The van der Waals surface area contributed by atoms with Crippen molar-refractivity contribution in [3.63, 3.8) is 0 Å². The van der Waals surface area contributed by atoms with E-state index in [-0.39, 0.29) is 23.8 Å². The molecule has 0 aliphatic heterocycles. The van der Waals surface area contributed by atoms with Crippen molar-refractivity contribution in [3.05, 3.63) is 64.7 Å². The van der Waals surface area contributed by atoms with Crippen molar-refractivity contribution >= 4 is 34.1 Å². The number of carbonyl (C=O) groups is 2. The maximum atomic E-state index is 12.3. The van der Waals surface area contributed by atoms with Gasteiger partial charge in [-0.1, -0.05) is 39.0 Å². The Balaban J connectivity index is 1.54. The molecule has 2 amide bonds. The van der Waals surface area contributed by atoms with E-state index in [1.54, 1.807) is 42.5 Å². The lowest BCUT2D eigenvalue weighted by Crippen LogP contribution is -2.27. The van der Waals surface area contributed by atoms with Gasteiger partial charge in [0, 0.05) is 29.6 Å². The summed E-state index contributed by atoms with van der Waals surface area (Å²) in [6.45, 7) is 5.52. The van der Waals surface area contributed by atoms with Crippen LogP contribution < -0.4 is 16.2 Å². The Hall–Kier alpha value is -3.48. The molecule has 0 saturated heterocycles. The van der Waals surface area contributed by atoms with Crippen molar-refractivity contribution in [1.29, 1.82) is 0 Å². The van der Waals surface area contributed by atoms with E-state index in [1.165, 1.54) is 0 Å². The number of carbonyl (C=O) groups excluding carboxylic acids is 2. The van der Waals surface area contributed by atoms with E-state index in [2.05, 4.69) is 20.6 Å². The molecule has 3 aromatic rings. The predicted molar refractivity (Wildman–Crippen MR) is 118 cm³/mol. The zero-order chi connectivity index (χ0) is 21.7. The number of rotatable bonds is 6. The zero-order valence-electron chi connectivity index (χ0n) is 17.4. The Morgan fingerprint density at radius 2 is 1.70 bits per heavy atom. The highest BCUT2D eigenvalue weighted by atomic mass is 16.2. The molecule has 7 heteroatoms. The van der Waals surface area contributed by atoms with Crippen LogP contribution in [0.1, 0.15) is 39.4 Å². The summed E-state index contributed by atoms with van der Waals surface area (Å²) in [5.74, 6) is 0.332. The lowest BCUT2D eigenvalue weighted by Gasteiger charge is -2.18. The summed E-state index contributed by atoms with van der Waals surface area (Å²) in [5.41, 5.74) is 1.22. The highest BCUT2D eigenvalue weighted by Crippen LogP contribution is 2.20. The van der Waals surface area contributed by atoms with Crippen LogP contribution in [0.3, 0.4) is 0 Å². The number of hydrogen-bond acceptors (Lipinski definition) is 4. The Morgan fingerprint density at radius 3 is 2.43 bits per heavy atom. The molecule has 1 aromatic heterocycles. The molecule has 0 bridgehead atoms. The zero-order valence-corrected chi connectivity index (χ0v) is 17.4. The van der Waals surface area contributed by atoms with Gasteiger partial charge in [0.15, 0.2) is 0 Å². The van der Waals surface area contributed by atoms with Crippen LogP contribution in [0.5, 0.6) is 0 Å². The molecule has 156 valence electrons. The minimum absolute atomic E-state index is 0.0946. The fourth-order valence-electron chi connectivity index (χ4n) is 2.89. The normalized spacial score (nSPS) is 11.3. The first-order chi connectivity index (χ1) is 14.2. The molecule has 0 fully saturated rings. The molecule has 0 spiro atoms. The second-order valence-corrected chi connectivity index (χ2v) is 8.22. The molecule has 1 heterocycles. The number of aromatic nitrogens is 2. The number of hydrogen-bond donors (Lipinski definition) is 3. The molecule has 3 rings (SSSR count). The van der Waals surface area contributed by atoms with Crippen molar-refractivity contribution < 1.29 is 9.59 Å². The van der Waals surface area contributed by atoms with Gasteiger partial charge in [-0.25, -0.2) is 4.98 Å². The van der Waals surface area contributed by atoms with Crippen LogP contribution in [0.2, 0.25) is 0 Å². The molecule has 0 aliphatic carbocycles. The molecular weight excluding hydrogens is 380 g/mol. The number of H-pyrrole nitrogens is 1. The number of fused-ring (bicyclic) bond motifs is 1. The summed E-state index contributed by atoms with van der Waals surface area (Å²) < 4.78 is 0. The number of aryl methyl sites for hydroxylation is 1. The lowest BCUT2D eigenvalue weighted by atomic mass is 9.95. The van der Waals surface area contributed by atoms with Gasteiger partial charge >= 0.3 is 0 Å². The molecular formula is C23H26N4O3. The number of nitrogens with one attached hydrogen (secondary N) is 3. The summed E-state index contributed by atoms with van der Waals surface area (Å²) in [4.78, 5) is 43.7. The van der Waals surface area contributed by atoms with E-state index in [1.807, 2.05) is 26.8 Å². The number of para-hydroxylation sites is 1. The summed E-state index contributed by atoms with van der Waals surface area (Å²) in [7, 11) is 0. The van der Waals surface area contributed by atoms with Crippen LogP contribution in [0.15, 0.2) is 53.3 Å². The van der Waals surface area contributed by atoms with Gasteiger partial charge in [0.2, 0.25) is 11.8 Å². The van der Waals surface area contributed by atoms with E-state index in [0.29, 0.717) is 40.9 Å². The third-order valence-electron chi connectivity index (χ3n) is 4.56. The summed E-state index contributed by atoms with van der Waals surface area (Å²) in [5, 5.41) is 6.24. The largest absolute Gasteiger partial charge is 0.326 e. The molecule has 0 unspecified atom stereocenters. The molecule has 7 nitrogen and oxygen atoms in total. The average molecular weight is 406 g/mol. The van der Waals surface area contributed by atoms with Gasteiger partial charge in [-0.2, -0.15) is 0 Å². The lowest BCUT2D eigenvalue weighted by molar-refractivity contribution is -0.123. The van der Waals surface area contributed by atoms with Crippen LogP contribution >= 0.6 is 0 Å². The van der Waals surface area contributed by atoms with Gasteiger partial charge < -0.3 is 15.6 Å². The smallest absolute Gasteiger partial charge is 0.258 e. The van der Waals surface area contributed by atoms with Gasteiger partial charge in [-0.15, -0.1) is 0 Å². The minimum atomic E-state index is -0.503. The third kappa shape index (κ3) is 5.53. The molecule has 0 aliphatic rings. The first-order valence-corrected chi connectivity index (χ1v) is 9.92. The molecule has 30 heavy (non-hydrogen) atoms. The van der Waals surface area contributed by atoms with Crippen LogP contribution in [0.4, 0.5) is 11.4 Å². The van der Waals surface area contributed by atoms with E-state index >= 15 is 0 Å². The summed E-state index contributed by atoms with van der Waals surface area (Å²) in [6, 6.07) is 14.2. The first kappa shape index (κ1) is 21.2. The van der Waals surface area contributed by atoms with E-state index < -0.39 is 5.41 Å². The fraction of sp³-hybridized carbons (Fsp3) is 0.304. The van der Waals surface area contributed by atoms with E-state index in [4.69, 9.17) is 0 Å². The minimum Gasteiger partial charge on any atom is -0.326 e. The number of benzene rings is 2. The molecule has 0 radical (unpaired) electrons. The SMILES string of the molecule is CC(C)(C)C(=O)Nc1cccc(NC(=O)CCCc2nc3ccccc3c(=O)[nH]2)c1. The number of nitrogens with zero attached hydrogens (tertiary/aromatic N) is 1. The number of anilines is 2. The number of amides is 2. The monoisotopic (exact) mass is 406 g/mol. The molecule has 2 aromatic carbocycles. The van der Waals surface area contributed by atoms with Gasteiger partial charge in [0.25, 0.3) is 5.56 Å². The van der Waals surface area contributed by atoms with Crippen molar-refractivity contribution in [3.8, 4) is 0 Å². The van der Waals surface area contributed by atoms with Crippen LogP contribution in [0.25, 0.3) is 10.9 Å². The van der Waals surface area contributed by atoms with Crippen molar-refractivity contribution in [2.24, 2.45) is 5.41 Å². The standard InChI is InChI=1S/C23H26N4O3/c1-23(2,3)22(30)25-16-9-6-8-15(14-16)24-20(28)13-7-12-19-26-18-11-5-4-10-17(18)21(29)27-19/h4-6,8-11,14H,7,12-13H2,1-3H3,(H,24,28)(H,25,30)(H,26,27,29). The van der Waals surface area contributed by atoms with Gasteiger partial charge in [-0.3, -0.25) is 14.4 Å². The van der Waals surface area contributed by atoms with Crippen LogP contribution in [-0.2, 0) is 16.0 Å². The Bertz CT molecular complexity index is 1130. The maximum Gasteiger partial charge on any atom is 0.258 e. The predicted octanol–water partition coefficient (Wildman–Crippen LogP) is 3.87.